The molecule has 0 aromatic heterocycles. The molecule has 0 aliphatic carbocycles. The minimum Gasteiger partial charge on any atom is -0.489 e. The van der Waals surface area contributed by atoms with Crippen molar-refractivity contribution in [2.75, 3.05) is 4.90 Å². The third-order valence-electron chi connectivity index (χ3n) is 4.37. The molecule has 0 saturated carbocycles. The lowest BCUT2D eigenvalue weighted by Gasteiger charge is -2.14. The van der Waals surface area contributed by atoms with E-state index in [0.29, 0.717) is 31.2 Å². The van der Waals surface area contributed by atoms with E-state index >= 15 is 0 Å². The number of thioether (sulfide) groups is 1. The Morgan fingerprint density at radius 3 is 2.67 bits per heavy atom. The number of anilines is 1. The first-order chi connectivity index (χ1) is 14.5. The van der Waals surface area contributed by atoms with E-state index in [2.05, 4.69) is 0 Å². The van der Waals surface area contributed by atoms with Gasteiger partial charge in [0.2, 0.25) is 0 Å². The Labute approximate surface area is 188 Å². The predicted octanol–water partition coefficient (Wildman–Crippen LogP) is 6.46. The van der Waals surface area contributed by atoms with Crippen molar-refractivity contribution < 1.29 is 13.9 Å². The van der Waals surface area contributed by atoms with E-state index in [1.165, 1.54) is 22.7 Å². The molecule has 3 nitrogen and oxygen atoms in total. The maximum absolute atomic E-state index is 13.8. The first kappa shape index (κ1) is 20.6. The molecular formula is C23H15ClFNO2S2. The average Bonchev–Trinajstić information content (AvgIpc) is 3.00. The summed E-state index contributed by atoms with van der Waals surface area (Å²) in [7, 11) is 0. The van der Waals surface area contributed by atoms with Crippen LogP contribution in [0.1, 0.15) is 11.1 Å². The Hall–Kier alpha value is -2.67. The lowest BCUT2D eigenvalue weighted by atomic mass is 10.2. The lowest BCUT2D eigenvalue weighted by Crippen LogP contribution is -2.27. The SMILES string of the molecule is O=C1/C(=C\c2cccc(OCc3ccccc3F)c2)SC(=S)N1c1cccc(Cl)c1. The van der Waals surface area contributed by atoms with Gasteiger partial charge in [-0.3, -0.25) is 9.69 Å². The van der Waals surface area contributed by atoms with Crippen molar-refractivity contribution in [3.8, 4) is 5.75 Å². The summed E-state index contributed by atoms with van der Waals surface area (Å²) < 4.78 is 19.9. The smallest absolute Gasteiger partial charge is 0.270 e. The van der Waals surface area contributed by atoms with Gasteiger partial charge in [-0.05, 0) is 48.0 Å². The lowest BCUT2D eigenvalue weighted by molar-refractivity contribution is -0.113. The van der Waals surface area contributed by atoms with Gasteiger partial charge in [0.1, 0.15) is 18.2 Å². The summed E-state index contributed by atoms with van der Waals surface area (Å²) in [5.74, 6) is 0.0700. The Morgan fingerprint density at radius 2 is 1.87 bits per heavy atom. The molecule has 0 radical (unpaired) electrons. The van der Waals surface area contributed by atoms with Crippen LogP contribution in [0.3, 0.4) is 0 Å². The molecule has 1 aliphatic heterocycles. The molecule has 0 spiro atoms. The third-order valence-corrected chi connectivity index (χ3v) is 5.91. The molecule has 3 aromatic rings. The van der Waals surface area contributed by atoms with E-state index < -0.39 is 0 Å². The second kappa shape index (κ2) is 9.00. The number of thiocarbonyl (C=S) groups is 1. The molecule has 7 heteroatoms. The van der Waals surface area contributed by atoms with Crippen molar-refractivity contribution in [3.63, 3.8) is 0 Å². The van der Waals surface area contributed by atoms with Gasteiger partial charge in [-0.25, -0.2) is 4.39 Å². The van der Waals surface area contributed by atoms with E-state index in [0.717, 1.165) is 5.56 Å². The van der Waals surface area contributed by atoms with Gasteiger partial charge in [-0.15, -0.1) is 0 Å². The normalized spacial score (nSPS) is 15.1. The Balaban J connectivity index is 1.52. The Bertz CT molecular complexity index is 1170. The minimum atomic E-state index is -0.307. The van der Waals surface area contributed by atoms with E-state index in [9.17, 15) is 9.18 Å². The van der Waals surface area contributed by atoms with Crippen LogP contribution in [0.2, 0.25) is 5.02 Å². The minimum absolute atomic E-state index is 0.118. The summed E-state index contributed by atoms with van der Waals surface area (Å²) in [6.07, 6.45) is 1.76. The molecule has 1 heterocycles. The molecule has 1 aliphatic rings. The highest BCUT2D eigenvalue weighted by molar-refractivity contribution is 8.27. The van der Waals surface area contributed by atoms with Crippen molar-refractivity contribution in [1.82, 2.24) is 0 Å². The zero-order valence-corrected chi connectivity index (χ0v) is 17.9. The number of hydrogen-bond donors (Lipinski definition) is 0. The number of halogens is 2. The molecule has 4 rings (SSSR count). The summed E-state index contributed by atoms with van der Waals surface area (Å²) in [5, 5.41) is 0.533. The quantitative estimate of drug-likeness (QED) is 0.326. The molecular weight excluding hydrogens is 441 g/mol. The van der Waals surface area contributed by atoms with Crippen LogP contribution < -0.4 is 9.64 Å². The Morgan fingerprint density at radius 1 is 1.07 bits per heavy atom. The van der Waals surface area contributed by atoms with E-state index in [-0.39, 0.29) is 18.3 Å². The summed E-state index contributed by atoms with van der Waals surface area (Å²) in [6, 6.07) is 20.8. The molecule has 1 fully saturated rings. The zero-order chi connectivity index (χ0) is 21.1. The monoisotopic (exact) mass is 455 g/mol. The molecule has 0 unspecified atom stereocenters. The number of ether oxygens (including phenoxy) is 1. The van der Waals surface area contributed by atoms with Crippen LogP contribution in [0.15, 0.2) is 77.7 Å². The third kappa shape index (κ3) is 4.56. The number of hydrogen-bond acceptors (Lipinski definition) is 4. The topological polar surface area (TPSA) is 29.5 Å². The van der Waals surface area contributed by atoms with Gasteiger partial charge in [0.25, 0.3) is 5.91 Å². The van der Waals surface area contributed by atoms with Crippen molar-refractivity contribution >= 4 is 57.6 Å². The van der Waals surface area contributed by atoms with Crippen LogP contribution in [-0.2, 0) is 11.4 Å². The van der Waals surface area contributed by atoms with Crippen molar-refractivity contribution in [2.45, 2.75) is 6.61 Å². The fourth-order valence-electron chi connectivity index (χ4n) is 2.93. The molecule has 1 saturated heterocycles. The number of amides is 1. The molecule has 3 aromatic carbocycles. The predicted molar refractivity (Wildman–Crippen MR) is 124 cm³/mol. The summed E-state index contributed by atoms with van der Waals surface area (Å²) in [6.45, 7) is 0.118. The van der Waals surface area contributed by atoms with Gasteiger partial charge in [0, 0.05) is 10.6 Å². The average molecular weight is 456 g/mol. The van der Waals surface area contributed by atoms with Crippen molar-refractivity contribution in [1.29, 1.82) is 0 Å². The highest BCUT2D eigenvalue weighted by atomic mass is 35.5. The number of carbonyl (C=O) groups is 1. The fourth-order valence-corrected chi connectivity index (χ4v) is 4.41. The summed E-state index contributed by atoms with van der Waals surface area (Å²) in [5.41, 5.74) is 1.90. The maximum Gasteiger partial charge on any atom is 0.270 e. The first-order valence-electron chi connectivity index (χ1n) is 9.01. The Kier molecular flexibility index (Phi) is 6.18. The van der Waals surface area contributed by atoms with Crippen molar-refractivity contribution in [3.05, 3.63) is 99.7 Å². The molecule has 0 bridgehead atoms. The number of carbonyl (C=O) groups excluding carboxylic acids is 1. The van der Waals surface area contributed by atoms with Gasteiger partial charge >= 0.3 is 0 Å². The van der Waals surface area contributed by atoms with E-state index in [1.54, 1.807) is 60.7 Å². The number of benzene rings is 3. The molecule has 150 valence electrons. The van der Waals surface area contributed by atoms with Crippen LogP contribution in [-0.4, -0.2) is 10.2 Å². The van der Waals surface area contributed by atoms with Crippen LogP contribution in [0.4, 0.5) is 10.1 Å². The molecule has 0 atom stereocenters. The van der Waals surface area contributed by atoms with E-state index in [4.69, 9.17) is 28.6 Å². The van der Waals surface area contributed by atoms with Crippen LogP contribution >= 0.6 is 35.6 Å². The summed E-state index contributed by atoms with van der Waals surface area (Å²) >= 11 is 12.7. The molecule has 1 amide bonds. The van der Waals surface area contributed by atoms with Gasteiger partial charge < -0.3 is 4.74 Å². The number of nitrogens with zero attached hydrogens (tertiary/aromatic N) is 1. The highest BCUT2D eigenvalue weighted by Gasteiger charge is 2.33. The van der Waals surface area contributed by atoms with Gasteiger partial charge in [-0.1, -0.05) is 72.0 Å². The standard InChI is InChI=1S/C23H15ClFNO2S2/c24-17-7-4-8-18(13-17)26-22(27)21(30-23(26)29)12-15-5-3-9-19(11-15)28-14-16-6-1-2-10-20(16)25/h1-13H,14H2/b21-12+. The van der Waals surface area contributed by atoms with E-state index in [1.807, 2.05) is 12.1 Å². The van der Waals surface area contributed by atoms with Crippen molar-refractivity contribution in [2.24, 2.45) is 0 Å². The summed E-state index contributed by atoms with van der Waals surface area (Å²) in [4.78, 5) is 14.9. The van der Waals surface area contributed by atoms with Gasteiger partial charge in [0.15, 0.2) is 4.32 Å². The van der Waals surface area contributed by atoms with Gasteiger partial charge in [-0.2, -0.15) is 0 Å². The van der Waals surface area contributed by atoms with Crippen LogP contribution in [0.25, 0.3) is 6.08 Å². The maximum atomic E-state index is 13.8. The molecule has 0 N–H and O–H groups in total. The molecule has 30 heavy (non-hydrogen) atoms. The number of rotatable bonds is 5. The highest BCUT2D eigenvalue weighted by Crippen LogP contribution is 2.37. The largest absolute Gasteiger partial charge is 0.489 e. The zero-order valence-electron chi connectivity index (χ0n) is 15.5. The second-order valence-corrected chi connectivity index (χ2v) is 8.56. The second-order valence-electron chi connectivity index (χ2n) is 6.45. The fraction of sp³-hybridized carbons (Fsp3) is 0.0435. The van der Waals surface area contributed by atoms with Crippen LogP contribution in [0.5, 0.6) is 5.75 Å². The van der Waals surface area contributed by atoms with Gasteiger partial charge in [0.05, 0.1) is 10.6 Å². The first-order valence-corrected chi connectivity index (χ1v) is 10.6. The van der Waals surface area contributed by atoms with Crippen LogP contribution in [0, 0.1) is 5.82 Å².